The van der Waals surface area contributed by atoms with Gasteiger partial charge in [0, 0.05) is 6.20 Å². The number of aryl methyl sites for hydroxylation is 2. The van der Waals surface area contributed by atoms with Crippen molar-refractivity contribution in [2.45, 2.75) is 26.7 Å². The summed E-state index contributed by atoms with van der Waals surface area (Å²) in [6.45, 7) is 3.51. The first kappa shape index (κ1) is 12.2. The van der Waals surface area contributed by atoms with Crippen molar-refractivity contribution in [2.75, 3.05) is 0 Å². The first-order chi connectivity index (χ1) is 7.52. The standard InChI is InChI=1S/C11H13NO4/c1-3-6-5-12-7(4-2)9(11(15)16)8(6)10(13)14/h5H,3-4H2,1-2H3,(H,13,14)(H,15,16). The molecular weight excluding hydrogens is 210 g/mol. The van der Waals surface area contributed by atoms with Gasteiger partial charge in [0.2, 0.25) is 0 Å². The summed E-state index contributed by atoms with van der Waals surface area (Å²) in [4.78, 5) is 26.1. The SMILES string of the molecule is CCc1cnc(CC)c(C(=O)O)c1C(=O)O. The van der Waals surface area contributed by atoms with Crippen LogP contribution in [0.2, 0.25) is 0 Å². The van der Waals surface area contributed by atoms with Crippen molar-refractivity contribution in [3.05, 3.63) is 28.6 Å². The Kier molecular flexibility index (Phi) is 3.60. The number of pyridine rings is 1. The zero-order valence-corrected chi connectivity index (χ0v) is 9.15. The van der Waals surface area contributed by atoms with Gasteiger partial charge in [0.25, 0.3) is 0 Å². The van der Waals surface area contributed by atoms with E-state index < -0.39 is 11.9 Å². The third kappa shape index (κ3) is 2.03. The van der Waals surface area contributed by atoms with Crippen molar-refractivity contribution in [3.63, 3.8) is 0 Å². The van der Waals surface area contributed by atoms with Crippen molar-refractivity contribution < 1.29 is 19.8 Å². The quantitative estimate of drug-likeness (QED) is 0.809. The van der Waals surface area contributed by atoms with Gasteiger partial charge in [0.15, 0.2) is 0 Å². The van der Waals surface area contributed by atoms with Gasteiger partial charge in [-0.05, 0) is 18.4 Å². The molecule has 1 aromatic rings. The van der Waals surface area contributed by atoms with Crippen LogP contribution >= 0.6 is 0 Å². The topological polar surface area (TPSA) is 87.5 Å². The van der Waals surface area contributed by atoms with E-state index in [0.29, 0.717) is 24.1 Å². The van der Waals surface area contributed by atoms with E-state index in [1.54, 1.807) is 13.8 Å². The number of hydrogen-bond acceptors (Lipinski definition) is 3. The van der Waals surface area contributed by atoms with E-state index in [0.717, 1.165) is 0 Å². The molecular formula is C11H13NO4. The highest BCUT2D eigenvalue weighted by Crippen LogP contribution is 2.19. The summed E-state index contributed by atoms with van der Waals surface area (Å²) in [5.41, 5.74) is 0.431. The number of aromatic carboxylic acids is 2. The summed E-state index contributed by atoms with van der Waals surface area (Å²) in [5.74, 6) is -2.46. The van der Waals surface area contributed by atoms with Crippen molar-refractivity contribution >= 4 is 11.9 Å². The number of carboxylic acids is 2. The second-order valence-electron chi connectivity index (χ2n) is 3.30. The van der Waals surface area contributed by atoms with Crippen LogP contribution < -0.4 is 0 Å². The lowest BCUT2D eigenvalue weighted by Crippen LogP contribution is -2.15. The molecule has 16 heavy (non-hydrogen) atoms. The number of nitrogens with zero attached hydrogens (tertiary/aromatic N) is 1. The summed E-state index contributed by atoms with van der Waals surface area (Å²) < 4.78 is 0. The molecule has 0 fully saturated rings. The normalized spacial score (nSPS) is 10.1. The number of aromatic nitrogens is 1. The molecule has 5 nitrogen and oxygen atoms in total. The minimum atomic E-state index is -1.24. The maximum Gasteiger partial charge on any atom is 0.338 e. The molecule has 0 aliphatic rings. The Hall–Kier alpha value is -1.91. The van der Waals surface area contributed by atoms with Crippen LogP contribution in [-0.4, -0.2) is 27.1 Å². The van der Waals surface area contributed by atoms with Gasteiger partial charge in [-0.25, -0.2) is 9.59 Å². The predicted molar refractivity (Wildman–Crippen MR) is 56.9 cm³/mol. The highest BCUT2D eigenvalue weighted by Gasteiger charge is 2.23. The molecule has 0 unspecified atom stereocenters. The lowest BCUT2D eigenvalue weighted by molar-refractivity contribution is 0.0649. The van der Waals surface area contributed by atoms with Crippen LogP contribution in [0.5, 0.6) is 0 Å². The zero-order valence-electron chi connectivity index (χ0n) is 9.15. The molecule has 1 aromatic heterocycles. The Labute approximate surface area is 92.8 Å². The Bertz CT molecular complexity index is 399. The average Bonchev–Trinajstić information content (AvgIpc) is 2.26. The van der Waals surface area contributed by atoms with Crippen molar-refractivity contribution in [2.24, 2.45) is 0 Å². The van der Waals surface area contributed by atoms with Crippen LogP contribution in [0.15, 0.2) is 6.20 Å². The Morgan fingerprint density at radius 1 is 1.12 bits per heavy atom. The summed E-state index contributed by atoms with van der Waals surface area (Å²) in [6, 6.07) is 0. The Balaban J connectivity index is 3.60. The van der Waals surface area contributed by atoms with Gasteiger partial charge in [-0.3, -0.25) is 4.98 Å². The van der Waals surface area contributed by atoms with E-state index in [9.17, 15) is 9.59 Å². The van der Waals surface area contributed by atoms with Crippen LogP contribution in [0.1, 0.15) is 45.8 Å². The first-order valence-corrected chi connectivity index (χ1v) is 5.00. The monoisotopic (exact) mass is 223 g/mol. The molecule has 0 bridgehead atoms. The maximum absolute atomic E-state index is 11.1. The minimum Gasteiger partial charge on any atom is -0.478 e. The Morgan fingerprint density at radius 3 is 2.06 bits per heavy atom. The van der Waals surface area contributed by atoms with Crippen LogP contribution in [0, 0.1) is 0 Å². The van der Waals surface area contributed by atoms with Crippen LogP contribution in [0.3, 0.4) is 0 Å². The van der Waals surface area contributed by atoms with E-state index in [1.165, 1.54) is 6.20 Å². The fourth-order valence-electron chi connectivity index (χ4n) is 1.60. The molecule has 0 aromatic carbocycles. The summed E-state index contributed by atoms with van der Waals surface area (Å²) in [7, 11) is 0. The van der Waals surface area contributed by atoms with Crippen LogP contribution in [-0.2, 0) is 12.8 Å². The smallest absolute Gasteiger partial charge is 0.338 e. The predicted octanol–water partition coefficient (Wildman–Crippen LogP) is 1.60. The van der Waals surface area contributed by atoms with Gasteiger partial charge in [-0.1, -0.05) is 13.8 Å². The molecule has 0 aliphatic carbocycles. The molecule has 2 N–H and O–H groups in total. The summed E-state index contributed by atoms with van der Waals surface area (Å²) >= 11 is 0. The van der Waals surface area contributed by atoms with Gasteiger partial charge in [0.05, 0.1) is 16.8 Å². The average molecular weight is 223 g/mol. The minimum absolute atomic E-state index is 0.137. The number of hydrogen-bond donors (Lipinski definition) is 2. The molecule has 0 aliphatic heterocycles. The lowest BCUT2D eigenvalue weighted by atomic mass is 9.98. The van der Waals surface area contributed by atoms with Crippen LogP contribution in [0.4, 0.5) is 0 Å². The zero-order chi connectivity index (χ0) is 12.3. The molecule has 86 valence electrons. The van der Waals surface area contributed by atoms with E-state index in [1.807, 2.05) is 0 Å². The fourth-order valence-corrected chi connectivity index (χ4v) is 1.60. The highest BCUT2D eigenvalue weighted by atomic mass is 16.4. The third-order valence-electron chi connectivity index (χ3n) is 2.38. The van der Waals surface area contributed by atoms with E-state index in [2.05, 4.69) is 4.98 Å². The molecule has 1 rings (SSSR count). The van der Waals surface area contributed by atoms with E-state index >= 15 is 0 Å². The van der Waals surface area contributed by atoms with E-state index in [-0.39, 0.29) is 11.1 Å². The van der Waals surface area contributed by atoms with Crippen LogP contribution in [0.25, 0.3) is 0 Å². The van der Waals surface area contributed by atoms with Gasteiger partial charge < -0.3 is 10.2 Å². The number of rotatable bonds is 4. The third-order valence-corrected chi connectivity index (χ3v) is 2.38. The summed E-state index contributed by atoms with van der Waals surface area (Å²) in [6.07, 6.45) is 2.28. The summed E-state index contributed by atoms with van der Waals surface area (Å²) in [5, 5.41) is 18.1. The largest absolute Gasteiger partial charge is 0.478 e. The van der Waals surface area contributed by atoms with Gasteiger partial charge in [-0.15, -0.1) is 0 Å². The van der Waals surface area contributed by atoms with Gasteiger partial charge in [-0.2, -0.15) is 0 Å². The highest BCUT2D eigenvalue weighted by molar-refractivity contribution is 6.03. The molecule has 0 spiro atoms. The molecule has 0 saturated heterocycles. The number of carbonyl (C=O) groups is 2. The molecule has 0 atom stereocenters. The molecule has 1 heterocycles. The molecule has 0 radical (unpaired) electrons. The second kappa shape index (κ2) is 4.74. The van der Waals surface area contributed by atoms with Crippen molar-refractivity contribution in [3.8, 4) is 0 Å². The van der Waals surface area contributed by atoms with E-state index in [4.69, 9.17) is 10.2 Å². The van der Waals surface area contributed by atoms with Crippen molar-refractivity contribution in [1.29, 1.82) is 0 Å². The van der Waals surface area contributed by atoms with Crippen molar-refractivity contribution in [1.82, 2.24) is 4.98 Å². The van der Waals surface area contributed by atoms with Gasteiger partial charge >= 0.3 is 11.9 Å². The fraction of sp³-hybridized carbons (Fsp3) is 0.364. The Morgan fingerprint density at radius 2 is 1.69 bits per heavy atom. The second-order valence-corrected chi connectivity index (χ2v) is 3.30. The lowest BCUT2D eigenvalue weighted by Gasteiger charge is -2.10. The van der Waals surface area contributed by atoms with Gasteiger partial charge in [0.1, 0.15) is 0 Å². The maximum atomic E-state index is 11.1. The first-order valence-electron chi connectivity index (χ1n) is 5.00. The molecule has 5 heteroatoms. The molecule has 0 amide bonds. The molecule has 0 saturated carbocycles. The number of carboxylic acid groups (broad SMARTS) is 2.